The third-order valence-electron chi connectivity index (χ3n) is 3.02. The highest BCUT2D eigenvalue weighted by Crippen LogP contribution is 2.18. The van der Waals surface area contributed by atoms with Crippen LogP contribution in [0.15, 0.2) is 28.7 Å². The normalized spacial score (nSPS) is 16.2. The van der Waals surface area contributed by atoms with E-state index in [-0.39, 0.29) is 12.1 Å². The summed E-state index contributed by atoms with van der Waals surface area (Å²) in [6.45, 7) is 5.65. The van der Waals surface area contributed by atoms with Crippen molar-refractivity contribution in [1.29, 1.82) is 0 Å². The zero-order chi connectivity index (χ0) is 13.0. The largest absolute Gasteiger partial charge is 0.481 e. The number of carbonyl (C=O) groups is 1. The van der Waals surface area contributed by atoms with Gasteiger partial charge in [0.1, 0.15) is 0 Å². The molecule has 2 N–H and O–H groups in total. The molecule has 3 atom stereocenters. The Hall–Kier alpha value is -0.870. The number of nitrogens with one attached hydrogen (secondary N) is 1. The quantitative estimate of drug-likeness (QED) is 0.878. The van der Waals surface area contributed by atoms with Crippen LogP contribution in [-0.2, 0) is 4.79 Å². The number of rotatable bonds is 5. The average Bonchev–Trinajstić information content (AvgIpc) is 2.28. The Morgan fingerprint density at radius 3 is 2.24 bits per heavy atom. The number of hydrogen-bond donors (Lipinski definition) is 2. The van der Waals surface area contributed by atoms with E-state index in [1.54, 1.807) is 6.92 Å². The lowest BCUT2D eigenvalue weighted by atomic mass is 10.0. The van der Waals surface area contributed by atoms with E-state index in [0.29, 0.717) is 0 Å². The van der Waals surface area contributed by atoms with Crippen LogP contribution in [0, 0.1) is 5.92 Å². The van der Waals surface area contributed by atoms with Gasteiger partial charge in [-0.15, -0.1) is 0 Å². The van der Waals surface area contributed by atoms with Gasteiger partial charge in [-0.2, -0.15) is 0 Å². The molecule has 0 saturated carbocycles. The van der Waals surface area contributed by atoms with Crippen LogP contribution in [0.1, 0.15) is 32.4 Å². The molecule has 0 fully saturated rings. The summed E-state index contributed by atoms with van der Waals surface area (Å²) in [7, 11) is 0. The molecular formula is C13H18BrNO2. The topological polar surface area (TPSA) is 49.3 Å². The van der Waals surface area contributed by atoms with Crippen LogP contribution in [0.4, 0.5) is 0 Å². The molecule has 0 bridgehead atoms. The maximum absolute atomic E-state index is 10.9. The van der Waals surface area contributed by atoms with Gasteiger partial charge in [0.15, 0.2) is 0 Å². The van der Waals surface area contributed by atoms with Crippen molar-refractivity contribution < 1.29 is 9.90 Å². The lowest BCUT2D eigenvalue weighted by Crippen LogP contribution is -2.37. The number of carboxylic acid groups (broad SMARTS) is 1. The molecule has 1 aromatic rings. The van der Waals surface area contributed by atoms with Crippen molar-refractivity contribution in [1.82, 2.24) is 5.32 Å². The second-order valence-electron chi connectivity index (χ2n) is 4.36. The van der Waals surface area contributed by atoms with Gasteiger partial charge < -0.3 is 10.4 Å². The van der Waals surface area contributed by atoms with Gasteiger partial charge in [0.2, 0.25) is 0 Å². The number of carboxylic acids is 1. The highest BCUT2D eigenvalue weighted by Gasteiger charge is 2.20. The highest BCUT2D eigenvalue weighted by molar-refractivity contribution is 9.10. The van der Waals surface area contributed by atoms with Gasteiger partial charge >= 0.3 is 5.97 Å². The first-order valence-electron chi connectivity index (χ1n) is 5.66. The predicted molar refractivity (Wildman–Crippen MR) is 72.0 cm³/mol. The fraction of sp³-hybridized carbons (Fsp3) is 0.462. The van der Waals surface area contributed by atoms with Gasteiger partial charge in [-0.25, -0.2) is 0 Å². The van der Waals surface area contributed by atoms with E-state index in [0.717, 1.165) is 10.0 Å². The third kappa shape index (κ3) is 4.13. The fourth-order valence-corrected chi connectivity index (χ4v) is 1.86. The minimum atomic E-state index is -0.770. The summed E-state index contributed by atoms with van der Waals surface area (Å²) >= 11 is 3.39. The second kappa shape index (κ2) is 6.17. The summed E-state index contributed by atoms with van der Waals surface area (Å²) < 4.78 is 1.04. The molecule has 94 valence electrons. The van der Waals surface area contributed by atoms with Crippen LogP contribution in [-0.4, -0.2) is 17.1 Å². The van der Waals surface area contributed by atoms with Crippen LogP contribution in [0.5, 0.6) is 0 Å². The number of halogens is 1. The van der Waals surface area contributed by atoms with Crippen molar-refractivity contribution in [2.45, 2.75) is 32.9 Å². The summed E-state index contributed by atoms with van der Waals surface area (Å²) in [4.78, 5) is 10.9. The average molecular weight is 300 g/mol. The Morgan fingerprint density at radius 1 is 1.24 bits per heavy atom. The van der Waals surface area contributed by atoms with Gasteiger partial charge in [0.05, 0.1) is 5.92 Å². The number of aliphatic carboxylic acids is 1. The summed E-state index contributed by atoms with van der Waals surface area (Å²) in [5, 5.41) is 12.2. The molecule has 0 amide bonds. The van der Waals surface area contributed by atoms with Crippen molar-refractivity contribution in [3.63, 3.8) is 0 Å². The van der Waals surface area contributed by atoms with E-state index >= 15 is 0 Å². The van der Waals surface area contributed by atoms with E-state index in [2.05, 4.69) is 21.2 Å². The first kappa shape index (κ1) is 14.2. The minimum Gasteiger partial charge on any atom is -0.481 e. The van der Waals surface area contributed by atoms with Crippen molar-refractivity contribution in [2.75, 3.05) is 0 Å². The molecule has 3 nitrogen and oxygen atoms in total. The van der Waals surface area contributed by atoms with Crippen LogP contribution >= 0.6 is 15.9 Å². The number of benzene rings is 1. The van der Waals surface area contributed by atoms with Gasteiger partial charge in [-0.05, 0) is 31.5 Å². The molecule has 0 saturated heterocycles. The molecule has 0 spiro atoms. The Labute approximate surface area is 110 Å². The van der Waals surface area contributed by atoms with Gasteiger partial charge in [0.25, 0.3) is 0 Å². The summed E-state index contributed by atoms with van der Waals surface area (Å²) in [6, 6.07) is 8.10. The zero-order valence-electron chi connectivity index (χ0n) is 10.3. The maximum atomic E-state index is 10.9. The minimum absolute atomic E-state index is 0.0638. The van der Waals surface area contributed by atoms with Crippen molar-refractivity contribution >= 4 is 21.9 Å². The van der Waals surface area contributed by atoms with Crippen LogP contribution in [0.3, 0.4) is 0 Å². The first-order valence-corrected chi connectivity index (χ1v) is 6.45. The molecule has 0 aliphatic rings. The molecule has 17 heavy (non-hydrogen) atoms. The molecule has 1 rings (SSSR count). The maximum Gasteiger partial charge on any atom is 0.307 e. The van der Waals surface area contributed by atoms with Crippen molar-refractivity contribution in [3.05, 3.63) is 34.3 Å². The smallest absolute Gasteiger partial charge is 0.307 e. The fourth-order valence-electron chi connectivity index (χ4n) is 1.60. The first-order chi connectivity index (χ1) is 7.91. The Balaban J connectivity index is 2.63. The monoisotopic (exact) mass is 299 g/mol. The lowest BCUT2D eigenvalue weighted by Gasteiger charge is -2.23. The SMILES string of the molecule is CC(NC(C)C(C)C(=O)O)c1ccc(Br)cc1. The summed E-state index contributed by atoms with van der Waals surface area (Å²) in [6.07, 6.45) is 0. The molecule has 1 aromatic carbocycles. The van der Waals surface area contributed by atoms with E-state index < -0.39 is 11.9 Å². The molecule has 0 aliphatic heterocycles. The molecule has 0 aliphatic carbocycles. The predicted octanol–water partition coefficient (Wildman–Crippen LogP) is 3.21. The van der Waals surface area contributed by atoms with Crippen LogP contribution in [0.2, 0.25) is 0 Å². The summed E-state index contributed by atoms with van der Waals surface area (Å²) in [5.74, 6) is -1.17. The Bertz CT molecular complexity index is 378. The van der Waals surface area contributed by atoms with E-state index in [1.165, 1.54) is 0 Å². The third-order valence-corrected chi connectivity index (χ3v) is 3.55. The molecule has 0 heterocycles. The van der Waals surface area contributed by atoms with E-state index in [1.807, 2.05) is 38.1 Å². The van der Waals surface area contributed by atoms with Gasteiger partial charge in [-0.1, -0.05) is 35.0 Å². The molecule has 4 heteroatoms. The van der Waals surface area contributed by atoms with E-state index in [4.69, 9.17) is 5.11 Å². The Morgan fingerprint density at radius 2 is 1.76 bits per heavy atom. The van der Waals surface area contributed by atoms with Gasteiger partial charge in [0, 0.05) is 16.6 Å². The zero-order valence-corrected chi connectivity index (χ0v) is 11.9. The molecule has 0 aromatic heterocycles. The van der Waals surface area contributed by atoms with Crippen molar-refractivity contribution in [3.8, 4) is 0 Å². The molecule has 3 unspecified atom stereocenters. The van der Waals surface area contributed by atoms with Crippen molar-refractivity contribution in [2.24, 2.45) is 5.92 Å². The van der Waals surface area contributed by atoms with Gasteiger partial charge in [-0.3, -0.25) is 4.79 Å². The van der Waals surface area contributed by atoms with E-state index in [9.17, 15) is 4.79 Å². The Kier molecular flexibility index (Phi) is 5.15. The van der Waals surface area contributed by atoms with Crippen LogP contribution < -0.4 is 5.32 Å². The van der Waals surface area contributed by atoms with Crippen LogP contribution in [0.25, 0.3) is 0 Å². The lowest BCUT2D eigenvalue weighted by molar-refractivity contribution is -0.142. The standard InChI is InChI=1S/C13H18BrNO2/c1-8(13(16)17)9(2)15-10(3)11-4-6-12(14)7-5-11/h4-10,15H,1-3H3,(H,16,17). The second-order valence-corrected chi connectivity index (χ2v) is 5.27. The molecule has 0 radical (unpaired) electrons. The molecular weight excluding hydrogens is 282 g/mol. The number of hydrogen-bond acceptors (Lipinski definition) is 2. The highest BCUT2D eigenvalue weighted by atomic mass is 79.9. The summed E-state index contributed by atoms with van der Waals surface area (Å²) in [5.41, 5.74) is 1.15.